The van der Waals surface area contributed by atoms with Gasteiger partial charge in [0, 0.05) is 23.3 Å². The number of benzene rings is 8. The van der Waals surface area contributed by atoms with Crippen molar-refractivity contribution in [1.29, 1.82) is 10.5 Å². The van der Waals surface area contributed by atoms with Gasteiger partial charge in [0.2, 0.25) is 0 Å². The molecule has 0 amide bonds. The van der Waals surface area contributed by atoms with E-state index in [1.165, 1.54) is 60.7 Å². The van der Waals surface area contributed by atoms with Gasteiger partial charge >= 0.3 is 35.8 Å². The summed E-state index contributed by atoms with van der Waals surface area (Å²) < 4.78 is 44.8. The Kier molecular flexibility index (Phi) is 20.4. The smallest absolute Gasteiger partial charge is 0.354 e. The van der Waals surface area contributed by atoms with Crippen molar-refractivity contribution in [2.24, 2.45) is 0 Å². The molecule has 0 saturated carbocycles. The van der Waals surface area contributed by atoms with Crippen LogP contribution in [0.4, 0.5) is 0 Å². The number of hydrogen-bond donors (Lipinski definition) is 0. The molecule has 0 heterocycles. The van der Waals surface area contributed by atoms with E-state index in [4.69, 9.17) is 37.9 Å². The summed E-state index contributed by atoms with van der Waals surface area (Å²) in [5.41, 5.74) is 1.67. The Hall–Kier alpha value is -11.4. The van der Waals surface area contributed by atoms with Crippen molar-refractivity contribution in [2.75, 3.05) is 26.4 Å². The average molecular weight is 1120 g/mol. The summed E-state index contributed by atoms with van der Waals surface area (Å²) in [6.07, 6.45) is 7.49. The molecule has 16 heteroatoms. The number of nitrogens with zero attached hydrogens (tertiary/aromatic N) is 2. The van der Waals surface area contributed by atoms with Crippen LogP contribution in [0.1, 0.15) is 57.5 Å². The number of esters is 6. The lowest BCUT2D eigenvalue weighted by Crippen LogP contribution is -2.12. The first kappa shape index (κ1) is 58.8. The lowest BCUT2D eigenvalue weighted by atomic mass is 9.92. The molecule has 0 spiro atoms. The number of hydrogen-bond acceptors (Lipinski definition) is 16. The second kappa shape index (κ2) is 29.2. The van der Waals surface area contributed by atoms with Crippen LogP contribution in [0.25, 0.3) is 44.8 Å². The van der Waals surface area contributed by atoms with Gasteiger partial charge in [-0.2, -0.15) is 10.5 Å². The fraction of sp³-hybridized carbons (Fsp3) is 0.118. The minimum atomic E-state index is -0.918. The second-order valence-corrected chi connectivity index (χ2v) is 18.3. The topological polar surface area (TPSA) is 224 Å². The molecule has 16 nitrogen and oxygen atoms in total. The molecule has 84 heavy (non-hydrogen) atoms. The first-order chi connectivity index (χ1) is 40.9. The van der Waals surface area contributed by atoms with E-state index in [1.54, 1.807) is 72.8 Å². The maximum Gasteiger partial charge on any atom is 0.354 e. The van der Waals surface area contributed by atoms with E-state index in [2.05, 4.69) is 13.2 Å². The SMILES string of the molecule is C=CC(=O)OCCCCOc1ccc(/C=C(\C#N)C(=O)Oc2ccc(C(=O)Oc3ccc4ccccc4c3-c3c(OC(=O)c4ccc(OC(=O)/C(C#N)=C/c5ccc(OCCCCOC(=O)C=C)cc5)cc4)ccc4ccccc34)cc2)cc1. The molecule has 0 radical (unpaired) electrons. The van der Waals surface area contributed by atoms with Crippen LogP contribution in [-0.2, 0) is 28.7 Å². The molecule has 418 valence electrons. The standard InChI is InChI=1S/C68H52N2O14/c1-3-61(71)79-39-11-9-37-77-53-27-17-45(18-28-53)41-51(43-69)67(75)81-55-31-21-49(22-32-55)65(73)83-59-35-25-47-13-5-7-15-57(47)63(59)64-58-16-8-6-14-48(58)26-36-60(64)84-66(74)50-23-33-56(34-24-50)82-68(76)52(44-70)42-46-19-29-54(30-20-46)78-38-10-12-40-80-62(72)4-2/h3-8,13-36,41-42H,1-2,9-12,37-40H2/b51-41+,52-42+. The predicted molar refractivity (Wildman–Crippen MR) is 313 cm³/mol. The third-order valence-electron chi connectivity index (χ3n) is 12.5. The van der Waals surface area contributed by atoms with Gasteiger partial charge in [-0.3, -0.25) is 0 Å². The number of ether oxygens (including phenoxy) is 8. The van der Waals surface area contributed by atoms with Crippen molar-refractivity contribution in [1.82, 2.24) is 0 Å². The van der Waals surface area contributed by atoms with E-state index in [0.717, 1.165) is 22.9 Å². The van der Waals surface area contributed by atoms with Crippen LogP contribution in [0.3, 0.4) is 0 Å². The van der Waals surface area contributed by atoms with Crippen molar-refractivity contribution in [3.63, 3.8) is 0 Å². The van der Waals surface area contributed by atoms with Crippen LogP contribution < -0.4 is 28.4 Å². The highest BCUT2D eigenvalue weighted by Gasteiger charge is 2.24. The van der Waals surface area contributed by atoms with Crippen LogP contribution in [0, 0.1) is 22.7 Å². The summed E-state index contributed by atoms with van der Waals surface area (Å²) in [5.74, 6) is -2.74. The monoisotopic (exact) mass is 1120 g/mol. The van der Waals surface area contributed by atoms with Gasteiger partial charge in [-0.15, -0.1) is 0 Å². The molecule has 8 aromatic rings. The van der Waals surface area contributed by atoms with Gasteiger partial charge in [-0.05, 0) is 155 Å². The Morgan fingerprint density at radius 1 is 0.405 bits per heavy atom. The zero-order valence-corrected chi connectivity index (χ0v) is 45.2. The fourth-order valence-corrected chi connectivity index (χ4v) is 8.33. The van der Waals surface area contributed by atoms with Crippen molar-refractivity contribution >= 4 is 69.5 Å². The molecule has 0 aliphatic heterocycles. The van der Waals surface area contributed by atoms with Crippen LogP contribution in [0.2, 0.25) is 0 Å². The number of unbranched alkanes of at least 4 members (excludes halogenated alkanes) is 2. The van der Waals surface area contributed by atoms with Gasteiger partial charge in [0.05, 0.1) is 37.6 Å². The zero-order valence-electron chi connectivity index (χ0n) is 45.2. The molecular formula is C68H52N2O14. The van der Waals surface area contributed by atoms with E-state index < -0.39 is 35.8 Å². The van der Waals surface area contributed by atoms with Gasteiger partial charge in [0.15, 0.2) is 0 Å². The van der Waals surface area contributed by atoms with Crippen molar-refractivity contribution in [3.8, 4) is 57.8 Å². The number of carbonyl (C=O) groups excluding carboxylic acids is 6. The highest BCUT2D eigenvalue weighted by molar-refractivity contribution is 6.11. The number of carbonyl (C=O) groups is 6. The van der Waals surface area contributed by atoms with Crippen LogP contribution >= 0.6 is 0 Å². The Morgan fingerprint density at radius 2 is 0.762 bits per heavy atom. The normalized spacial score (nSPS) is 11.0. The fourth-order valence-electron chi connectivity index (χ4n) is 8.33. The highest BCUT2D eigenvalue weighted by Crippen LogP contribution is 2.46. The first-order valence-electron chi connectivity index (χ1n) is 26.3. The van der Waals surface area contributed by atoms with Crippen molar-refractivity contribution < 1.29 is 66.7 Å². The summed E-state index contributed by atoms with van der Waals surface area (Å²) in [4.78, 5) is 76.8. The third kappa shape index (κ3) is 15.9. The summed E-state index contributed by atoms with van der Waals surface area (Å²) in [5, 5.41) is 22.7. The minimum absolute atomic E-state index is 0.0630. The maximum atomic E-state index is 14.0. The Morgan fingerprint density at radius 3 is 1.13 bits per heavy atom. The third-order valence-corrected chi connectivity index (χ3v) is 12.5. The number of nitriles is 2. The zero-order chi connectivity index (χ0) is 59.2. The first-order valence-corrected chi connectivity index (χ1v) is 26.3. The molecule has 0 unspecified atom stereocenters. The van der Waals surface area contributed by atoms with Gasteiger partial charge in [0.1, 0.15) is 57.8 Å². The van der Waals surface area contributed by atoms with E-state index in [9.17, 15) is 39.3 Å². The second-order valence-electron chi connectivity index (χ2n) is 18.3. The van der Waals surface area contributed by atoms with Crippen LogP contribution in [0.5, 0.6) is 34.5 Å². The van der Waals surface area contributed by atoms with Gasteiger partial charge < -0.3 is 37.9 Å². The van der Waals surface area contributed by atoms with E-state index in [-0.39, 0.29) is 58.5 Å². The number of fused-ring (bicyclic) bond motifs is 2. The molecule has 0 bridgehead atoms. The molecule has 0 aliphatic rings. The van der Waals surface area contributed by atoms with Crippen LogP contribution in [0.15, 0.2) is 206 Å². The molecule has 0 atom stereocenters. The molecule has 0 aromatic heterocycles. The van der Waals surface area contributed by atoms with E-state index in [0.29, 0.717) is 83.4 Å². The van der Waals surface area contributed by atoms with E-state index >= 15 is 0 Å². The predicted octanol–water partition coefficient (Wildman–Crippen LogP) is 12.9. The summed E-state index contributed by atoms with van der Waals surface area (Å²) in [6.45, 7) is 8.01. The molecule has 8 aromatic carbocycles. The number of rotatable bonds is 25. The lowest BCUT2D eigenvalue weighted by molar-refractivity contribution is -0.138. The molecule has 0 fully saturated rings. The van der Waals surface area contributed by atoms with Crippen molar-refractivity contribution in [3.05, 3.63) is 229 Å². The summed E-state index contributed by atoms with van der Waals surface area (Å²) in [7, 11) is 0. The van der Waals surface area contributed by atoms with Gasteiger partial charge in [-0.25, -0.2) is 28.8 Å². The Labute approximate surface area is 483 Å². The molecule has 8 rings (SSSR count). The quantitative estimate of drug-likeness (QED) is 0.0170. The highest BCUT2D eigenvalue weighted by atomic mass is 16.6. The molecular weight excluding hydrogens is 1070 g/mol. The summed E-state index contributed by atoms with van der Waals surface area (Å²) >= 11 is 0. The Bertz CT molecular complexity index is 3650. The lowest BCUT2D eigenvalue weighted by Gasteiger charge is -2.19. The van der Waals surface area contributed by atoms with Gasteiger partial charge in [0.25, 0.3) is 0 Å². The average Bonchev–Trinajstić information content (AvgIpc) is 3.38. The maximum absolute atomic E-state index is 14.0. The van der Waals surface area contributed by atoms with Crippen molar-refractivity contribution in [2.45, 2.75) is 25.7 Å². The largest absolute Gasteiger partial charge is 0.494 e. The summed E-state index contributed by atoms with van der Waals surface area (Å²) in [6, 6.07) is 50.4. The van der Waals surface area contributed by atoms with Crippen LogP contribution in [-0.4, -0.2) is 62.2 Å². The molecule has 0 N–H and O–H groups in total. The minimum Gasteiger partial charge on any atom is -0.494 e. The molecule has 0 aliphatic carbocycles. The van der Waals surface area contributed by atoms with Gasteiger partial charge in [-0.1, -0.05) is 98.1 Å². The Balaban J connectivity index is 0.930. The van der Waals surface area contributed by atoms with E-state index in [1.807, 2.05) is 60.7 Å². The molecule has 0 saturated heterocycles.